The van der Waals surface area contributed by atoms with Gasteiger partial charge in [-0.2, -0.15) is 11.8 Å². The molecule has 2 N–H and O–H groups in total. The zero-order valence-corrected chi connectivity index (χ0v) is 11.4. The lowest BCUT2D eigenvalue weighted by Crippen LogP contribution is -2.41. The molecule has 0 heterocycles. The van der Waals surface area contributed by atoms with Crippen LogP contribution in [0.25, 0.3) is 0 Å². The minimum absolute atomic E-state index is 0.0433. The van der Waals surface area contributed by atoms with Gasteiger partial charge in [-0.25, -0.2) is 4.79 Å². The third-order valence-corrected chi connectivity index (χ3v) is 3.10. The number of hydrogen-bond donors (Lipinski definition) is 2. The lowest BCUT2D eigenvalue weighted by Gasteiger charge is -2.13. The Kier molecular flexibility index (Phi) is 9.08. The first-order valence-corrected chi connectivity index (χ1v) is 6.83. The number of carboxylic acids is 1. The van der Waals surface area contributed by atoms with Crippen molar-refractivity contribution in [1.29, 1.82) is 0 Å². The number of carbonyl (C=O) groups is 3. The highest BCUT2D eigenvalue weighted by molar-refractivity contribution is 7.99. The number of aliphatic carboxylic acids is 1. The van der Waals surface area contributed by atoms with Crippen molar-refractivity contribution >= 4 is 29.6 Å². The van der Waals surface area contributed by atoms with Gasteiger partial charge in [-0.3, -0.25) is 9.59 Å². The Labute approximate surface area is 110 Å². The molecule has 6 nitrogen and oxygen atoms in total. The second-order valence-electron chi connectivity index (χ2n) is 3.52. The fourth-order valence-corrected chi connectivity index (χ4v) is 1.88. The van der Waals surface area contributed by atoms with Gasteiger partial charge in [-0.1, -0.05) is 6.92 Å². The third-order valence-electron chi connectivity index (χ3n) is 2.17. The van der Waals surface area contributed by atoms with Gasteiger partial charge in [0, 0.05) is 6.42 Å². The van der Waals surface area contributed by atoms with Crippen molar-refractivity contribution in [2.24, 2.45) is 0 Å². The standard InChI is InChI=1S/C11H19NO5S/c1-3-18-7-6-8(11(15)16)12-9(13)4-5-10(14)17-2/h8H,3-7H2,1-2H3,(H,12,13)(H,15,16). The second kappa shape index (κ2) is 9.76. The van der Waals surface area contributed by atoms with Gasteiger partial charge in [0.15, 0.2) is 0 Å². The molecule has 104 valence electrons. The molecule has 1 atom stereocenters. The molecule has 0 aliphatic rings. The summed E-state index contributed by atoms with van der Waals surface area (Å²) in [5.74, 6) is -0.418. The Bertz CT molecular complexity index is 295. The maximum Gasteiger partial charge on any atom is 0.326 e. The summed E-state index contributed by atoms with van der Waals surface area (Å²) in [5.41, 5.74) is 0. The molecular formula is C11H19NO5S. The molecule has 1 unspecified atom stereocenters. The molecule has 0 bridgehead atoms. The van der Waals surface area contributed by atoms with Crippen LogP contribution in [0.15, 0.2) is 0 Å². The number of methoxy groups -OCH3 is 1. The average Bonchev–Trinajstić information content (AvgIpc) is 2.34. The van der Waals surface area contributed by atoms with Gasteiger partial charge in [-0.15, -0.1) is 0 Å². The Balaban J connectivity index is 4.03. The van der Waals surface area contributed by atoms with E-state index in [1.54, 1.807) is 11.8 Å². The van der Waals surface area contributed by atoms with Crippen LogP contribution < -0.4 is 5.32 Å². The van der Waals surface area contributed by atoms with Crippen LogP contribution in [0, 0.1) is 0 Å². The number of thioether (sulfide) groups is 1. The molecule has 0 radical (unpaired) electrons. The molecule has 0 fully saturated rings. The van der Waals surface area contributed by atoms with E-state index in [-0.39, 0.29) is 12.8 Å². The number of amides is 1. The topological polar surface area (TPSA) is 92.7 Å². The fourth-order valence-electron chi connectivity index (χ4n) is 1.19. The molecule has 18 heavy (non-hydrogen) atoms. The summed E-state index contributed by atoms with van der Waals surface area (Å²) in [7, 11) is 1.24. The molecule has 0 aromatic rings. The SMILES string of the molecule is CCSCCC(NC(=O)CCC(=O)OC)C(=O)O. The number of ether oxygens (including phenoxy) is 1. The van der Waals surface area contributed by atoms with Crippen LogP contribution in [0.5, 0.6) is 0 Å². The maximum atomic E-state index is 11.4. The van der Waals surface area contributed by atoms with E-state index in [0.29, 0.717) is 12.2 Å². The number of nitrogens with one attached hydrogen (secondary N) is 1. The minimum atomic E-state index is -1.06. The molecule has 0 aromatic carbocycles. The second-order valence-corrected chi connectivity index (χ2v) is 4.91. The summed E-state index contributed by atoms with van der Waals surface area (Å²) in [6.07, 6.45) is 0.271. The zero-order chi connectivity index (χ0) is 14.0. The van der Waals surface area contributed by atoms with Gasteiger partial charge in [0.25, 0.3) is 0 Å². The van der Waals surface area contributed by atoms with Gasteiger partial charge in [0.2, 0.25) is 5.91 Å². The number of carboxylic acid groups (broad SMARTS) is 1. The molecule has 1 amide bonds. The van der Waals surface area contributed by atoms with Gasteiger partial charge in [0.1, 0.15) is 6.04 Å². The molecule has 0 spiro atoms. The smallest absolute Gasteiger partial charge is 0.326 e. The molecule has 0 saturated heterocycles. The largest absolute Gasteiger partial charge is 0.480 e. The van der Waals surface area contributed by atoms with Crippen molar-refractivity contribution in [2.45, 2.75) is 32.2 Å². The number of carbonyl (C=O) groups excluding carboxylic acids is 2. The highest BCUT2D eigenvalue weighted by Gasteiger charge is 2.19. The Morgan fingerprint density at radius 1 is 1.33 bits per heavy atom. The normalized spacial score (nSPS) is 11.7. The summed E-state index contributed by atoms with van der Waals surface area (Å²) in [6.45, 7) is 1.98. The molecule has 0 aliphatic heterocycles. The lowest BCUT2D eigenvalue weighted by atomic mass is 10.2. The summed E-state index contributed by atoms with van der Waals surface area (Å²) >= 11 is 1.61. The van der Waals surface area contributed by atoms with E-state index < -0.39 is 23.9 Å². The molecule has 7 heteroatoms. The van der Waals surface area contributed by atoms with E-state index in [9.17, 15) is 14.4 Å². The summed E-state index contributed by atoms with van der Waals surface area (Å²) in [4.78, 5) is 33.2. The summed E-state index contributed by atoms with van der Waals surface area (Å²) in [5, 5.41) is 11.3. The van der Waals surface area contributed by atoms with Crippen LogP contribution in [0.2, 0.25) is 0 Å². The number of rotatable bonds is 9. The van der Waals surface area contributed by atoms with E-state index >= 15 is 0 Å². The van der Waals surface area contributed by atoms with Crippen LogP contribution in [-0.2, 0) is 19.1 Å². The van der Waals surface area contributed by atoms with Crippen LogP contribution in [0.1, 0.15) is 26.2 Å². The Hall–Kier alpha value is -1.24. The van der Waals surface area contributed by atoms with Crippen LogP contribution in [0.3, 0.4) is 0 Å². The first-order valence-electron chi connectivity index (χ1n) is 5.68. The first-order chi connectivity index (χ1) is 8.51. The van der Waals surface area contributed by atoms with Crippen molar-refractivity contribution in [3.05, 3.63) is 0 Å². The predicted octanol–water partition coefficient (Wildman–Crippen LogP) is 0.652. The van der Waals surface area contributed by atoms with Crippen molar-refractivity contribution in [1.82, 2.24) is 5.32 Å². The van der Waals surface area contributed by atoms with Crippen molar-refractivity contribution in [2.75, 3.05) is 18.6 Å². The van der Waals surface area contributed by atoms with Gasteiger partial charge in [0.05, 0.1) is 13.5 Å². The minimum Gasteiger partial charge on any atom is -0.480 e. The van der Waals surface area contributed by atoms with E-state index in [0.717, 1.165) is 5.75 Å². The van der Waals surface area contributed by atoms with Gasteiger partial charge < -0.3 is 15.2 Å². The average molecular weight is 277 g/mol. The van der Waals surface area contributed by atoms with Crippen molar-refractivity contribution < 1.29 is 24.2 Å². The predicted molar refractivity (Wildman–Crippen MR) is 68.4 cm³/mol. The van der Waals surface area contributed by atoms with E-state index in [1.807, 2.05) is 6.92 Å². The summed E-state index contributed by atoms with van der Waals surface area (Å²) in [6, 6.07) is -0.894. The van der Waals surface area contributed by atoms with Gasteiger partial charge >= 0.3 is 11.9 Å². The molecule has 0 rings (SSSR count). The van der Waals surface area contributed by atoms with E-state index in [1.165, 1.54) is 7.11 Å². The highest BCUT2D eigenvalue weighted by Crippen LogP contribution is 2.05. The Morgan fingerprint density at radius 3 is 2.50 bits per heavy atom. The highest BCUT2D eigenvalue weighted by atomic mass is 32.2. The van der Waals surface area contributed by atoms with Crippen LogP contribution >= 0.6 is 11.8 Å². The third kappa shape index (κ3) is 7.94. The van der Waals surface area contributed by atoms with Crippen LogP contribution in [0.4, 0.5) is 0 Å². The van der Waals surface area contributed by atoms with Gasteiger partial charge in [-0.05, 0) is 17.9 Å². The zero-order valence-electron chi connectivity index (χ0n) is 10.6. The van der Waals surface area contributed by atoms with E-state index in [4.69, 9.17) is 5.11 Å². The van der Waals surface area contributed by atoms with E-state index in [2.05, 4.69) is 10.1 Å². The van der Waals surface area contributed by atoms with Crippen molar-refractivity contribution in [3.8, 4) is 0 Å². The maximum absolute atomic E-state index is 11.4. The molecule has 0 saturated carbocycles. The molecular weight excluding hydrogens is 258 g/mol. The van der Waals surface area contributed by atoms with Crippen LogP contribution in [-0.4, -0.2) is 47.6 Å². The molecule has 0 aliphatic carbocycles. The van der Waals surface area contributed by atoms with Crippen molar-refractivity contribution in [3.63, 3.8) is 0 Å². The summed E-state index contributed by atoms with van der Waals surface area (Å²) < 4.78 is 4.39. The fraction of sp³-hybridized carbons (Fsp3) is 0.727. The monoisotopic (exact) mass is 277 g/mol. The lowest BCUT2D eigenvalue weighted by molar-refractivity contribution is -0.143. The quantitative estimate of drug-likeness (QED) is 0.475. The number of hydrogen-bond acceptors (Lipinski definition) is 5. The Morgan fingerprint density at radius 2 is 2.00 bits per heavy atom. The first kappa shape index (κ1) is 16.8. The molecule has 0 aromatic heterocycles. The number of esters is 1.